The molecule has 118 valence electrons. The first-order valence-corrected chi connectivity index (χ1v) is 8.03. The highest BCUT2D eigenvalue weighted by molar-refractivity contribution is 6.32. The number of hydrogen-bond donors (Lipinski definition) is 1. The van der Waals surface area contributed by atoms with Crippen LogP contribution >= 0.6 is 11.6 Å². The summed E-state index contributed by atoms with van der Waals surface area (Å²) in [6, 6.07) is 0.605. The van der Waals surface area contributed by atoms with Crippen molar-refractivity contribution in [3.8, 4) is 0 Å². The lowest BCUT2D eigenvalue weighted by Gasteiger charge is -2.20. The summed E-state index contributed by atoms with van der Waals surface area (Å²) in [7, 11) is 0. The molecule has 21 heavy (non-hydrogen) atoms. The van der Waals surface area contributed by atoms with Gasteiger partial charge in [-0.25, -0.2) is 4.68 Å². The lowest BCUT2D eigenvalue weighted by atomic mass is 10.1. The molecule has 2 heterocycles. The van der Waals surface area contributed by atoms with Crippen molar-refractivity contribution < 1.29 is 0 Å². The standard InChI is InChI=1S/C15H25ClN4O/c1-10(2)19-6-5-12(9-19)7-17-13-8-18-20(11(3)4)15(21)14(13)16/h8,10-12,17H,5-7,9H2,1-4H3. The highest BCUT2D eigenvalue weighted by Crippen LogP contribution is 2.21. The molecule has 1 aliphatic rings. The minimum absolute atomic E-state index is 0.0125. The minimum Gasteiger partial charge on any atom is -0.382 e. The van der Waals surface area contributed by atoms with Crippen molar-refractivity contribution in [2.75, 3.05) is 25.0 Å². The van der Waals surface area contributed by atoms with Crippen molar-refractivity contribution in [3.05, 3.63) is 21.6 Å². The van der Waals surface area contributed by atoms with Crippen LogP contribution in [0.3, 0.4) is 0 Å². The highest BCUT2D eigenvalue weighted by atomic mass is 35.5. The number of rotatable bonds is 5. The lowest BCUT2D eigenvalue weighted by molar-refractivity contribution is 0.266. The first-order valence-electron chi connectivity index (χ1n) is 7.65. The SMILES string of the molecule is CC(C)N1CCC(CNc2cnn(C(C)C)c(=O)c2Cl)C1. The van der Waals surface area contributed by atoms with E-state index < -0.39 is 0 Å². The molecule has 0 aliphatic carbocycles. The molecular weight excluding hydrogens is 288 g/mol. The van der Waals surface area contributed by atoms with Crippen LogP contribution in [-0.2, 0) is 0 Å². The van der Waals surface area contributed by atoms with E-state index >= 15 is 0 Å². The van der Waals surface area contributed by atoms with Crippen molar-refractivity contribution in [3.63, 3.8) is 0 Å². The summed E-state index contributed by atoms with van der Waals surface area (Å²) in [5.41, 5.74) is 0.411. The van der Waals surface area contributed by atoms with E-state index in [4.69, 9.17) is 11.6 Å². The summed E-state index contributed by atoms with van der Waals surface area (Å²) < 4.78 is 1.41. The van der Waals surface area contributed by atoms with Gasteiger partial charge in [0, 0.05) is 19.1 Å². The molecular formula is C15H25ClN4O. The predicted octanol–water partition coefficient (Wildman–Crippen LogP) is 2.62. The fourth-order valence-corrected chi connectivity index (χ4v) is 2.89. The Labute approximate surface area is 131 Å². The van der Waals surface area contributed by atoms with E-state index in [0.29, 0.717) is 17.6 Å². The van der Waals surface area contributed by atoms with Crippen LogP contribution in [0.15, 0.2) is 11.0 Å². The zero-order valence-electron chi connectivity index (χ0n) is 13.3. The molecule has 0 spiro atoms. The zero-order chi connectivity index (χ0) is 15.6. The summed E-state index contributed by atoms with van der Waals surface area (Å²) in [5.74, 6) is 0.594. The topological polar surface area (TPSA) is 50.2 Å². The van der Waals surface area contributed by atoms with Crippen molar-refractivity contribution in [2.45, 2.75) is 46.2 Å². The largest absolute Gasteiger partial charge is 0.382 e. The number of nitrogens with zero attached hydrogens (tertiary/aromatic N) is 3. The second-order valence-corrected chi connectivity index (χ2v) is 6.72. The third kappa shape index (κ3) is 3.77. The zero-order valence-corrected chi connectivity index (χ0v) is 14.0. The van der Waals surface area contributed by atoms with Gasteiger partial charge in [-0.2, -0.15) is 5.10 Å². The Morgan fingerprint density at radius 1 is 1.38 bits per heavy atom. The van der Waals surface area contributed by atoms with E-state index in [1.807, 2.05) is 13.8 Å². The molecule has 5 nitrogen and oxygen atoms in total. The Morgan fingerprint density at radius 3 is 2.67 bits per heavy atom. The molecule has 1 fully saturated rings. The summed E-state index contributed by atoms with van der Waals surface area (Å²) in [6.45, 7) is 11.3. The second kappa shape index (κ2) is 6.79. The quantitative estimate of drug-likeness (QED) is 0.908. The Morgan fingerprint density at radius 2 is 2.10 bits per heavy atom. The Bertz CT molecular complexity index is 541. The smallest absolute Gasteiger partial charge is 0.287 e. The molecule has 1 aliphatic heterocycles. The monoisotopic (exact) mass is 312 g/mol. The van der Waals surface area contributed by atoms with E-state index in [2.05, 4.69) is 29.2 Å². The summed E-state index contributed by atoms with van der Waals surface area (Å²) in [6.07, 6.45) is 2.83. The van der Waals surface area contributed by atoms with Gasteiger partial charge in [0.1, 0.15) is 5.02 Å². The van der Waals surface area contributed by atoms with Crippen LogP contribution in [0.5, 0.6) is 0 Å². The van der Waals surface area contributed by atoms with Crippen molar-refractivity contribution in [1.29, 1.82) is 0 Å². The first kappa shape index (κ1) is 16.3. The van der Waals surface area contributed by atoms with Gasteiger partial charge in [-0.1, -0.05) is 11.6 Å². The number of halogens is 1. The van der Waals surface area contributed by atoms with E-state index in [-0.39, 0.29) is 16.6 Å². The van der Waals surface area contributed by atoms with Crippen molar-refractivity contribution >= 4 is 17.3 Å². The number of likely N-dealkylation sites (tertiary alicyclic amines) is 1. The Balaban J connectivity index is 1.99. The summed E-state index contributed by atoms with van der Waals surface area (Å²) in [5, 5.41) is 7.69. The van der Waals surface area contributed by atoms with Gasteiger partial charge in [0.25, 0.3) is 5.56 Å². The van der Waals surface area contributed by atoms with Crippen molar-refractivity contribution in [1.82, 2.24) is 14.7 Å². The molecule has 1 N–H and O–H groups in total. The second-order valence-electron chi connectivity index (χ2n) is 6.34. The van der Waals surface area contributed by atoms with Crippen LogP contribution in [0.25, 0.3) is 0 Å². The highest BCUT2D eigenvalue weighted by Gasteiger charge is 2.24. The van der Waals surface area contributed by atoms with Crippen LogP contribution in [0.4, 0.5) is 5.69 Å². The lowest BCUT2D eigenvalue weighted by Crippen LogP contribution is -2.29. The molecule has 0 saturated carbocycles. The van der Waals surface area contributed by atoms with Gasteiger partial charge in [-0.3, -0.25) is 4.79 Å². The molecule has 1 aromatic rings. The third-order valence-corrected chi connectivity index (χ3v) is 4.43. The van der Waals surface area contributed by atoms with Gasteiger partial charge < -0.3 is 10.2 Å². The summed E-state index contributed by atoms with van der Waals surface area (Å²) in [4.78, 5) is 14.6. The van der Waals surface area contributed by atoms with E-state index in [9.17, 15) is 4.79 Å². The van der Waals surface area contributed by atoms with Gasteiger partial charge in [0.15, 0.2) is 0 Å². The van der Waals surface area contributed by atoms with Crippen LogP contribution in [0.1, 0.15) is 40.2 Å². The molecule has 2 rings (SSSR count). The third-order valence-electron chi connectivity index (χ3n) is 4.06. The summed E-state index contributed by atoms with van der Waals surface area (Å²) >= 11 is 6.16. The van der Waals surface area contributed by atoms with Crippen LogP contribution in [-0.4, -0.2) is 40.4 Å². The van der Waals surface area contributed by atoms with Gasteiger partial charge in [0.2, 0.25) is 0 Å². The number of aromatic nitrogens is 2. The molecule has 1 aromatic heterocycles. The maximum Gasteiger partial charge on any atom is 0.287 e. The normalized spacial score (nSPS) is 19.7. The Hall–Kier alpha value is -1.07. The van der Waals surface area contributed by atoms with Gasteiger partial charge >= 0.3 is 0 Å². The van der Waals surface area contributed by atoms with Crippen LogP contribution < -0.4 is 10.9 Å². The molecule has 6 heteroatoms. The van der Waals surface area contributed by atoms with Crippen LogP contribution in [0.2, 0.25) is 5.02 Å². The molecule has 0 radical (unpaired) electrons. The fraction of sp³-hybridized carbons (Fsp3) is 0.733. The Kier molecular flexibility index (Phi) is 5.27. The van der Waals surface area contributed by atoms with Gasteiger partial charge in [0.05, 0.1) is 17.9 Å². The number of nitrogens with one attached hydrogen (secondary N) is 1. The molecule has 1 atom stereocenters. The molecule has 0 aromatic carbocycles. The molecule has 1 saturated heterocycles. The van der Waals surface area contributed by atoms with Crippen molar-refractivity contribution in [2.24, 2.45) is 5.92 Å². The fourth-order valence-electron chi connectivity index (χ4n) is 2.69. The first-order chi connectivity index (χ1) is 9.90. The maximum absolute atomic E-state index is 12.1. The van der Waals surface area contributed by atoms with E-state index in [1.165, 1.54) is 11.1 Å². The number of anilines is 1. The molecule has 1 unspecified atom stereocenters. The van der Waals surface area contributed by atoms with E-state index in [0.717, 1.165) is 19.6 Å². The van der Waals surface area contributed by atoms with Crippen LogP contribution in [0, 0.1) is 5.92 Å². The number of hydrogen-bond acceptors (Lipinski definition) is 4. The van der Waals surface area contributed by atoms with E-state index in [1.54, 1.807) is 6.20 Å². The van der Waals surface area contributed by atoms with Gasteiger partial charge in [-0.05, 0) is 46.6 Å². The minimum atomic E-state index is -0.230. The average Bonchev–Trinajstić information content (AvgIpc) is 2.89. The average molecular weight is 313 g/mol. The molecule has 0 amide bonds. The van der Waals surface area contributed by atoms with Gasteiger partial charge in [-0.15, -0.1) is 0 Å². The maximum atomic E-state index is 12.1. The molecule has 0 bridgehead atoms. The predicted molar refractivity (Wildman–Crippen MR) is 87.2 cm³/mol.